The zero-order valence-electron chi connectivity index (χ0n) is 15.6. The lowest BCUT2D eigenvalue weighted by molar-refractivity contribution is 0.102. The van der Waals surface area contributed by atoms with Crippen LogP contribution in [0.25, 0.3) is 0 Å². The molecule has 0 aliphatic carbocycles. The summed E-state index contributed by atoms with van der Waals surface area (Å²) in [5, 5.41) is 2.92. The monoisotopic (exact) mass is 424 g/mol. The van der Waals surface area contributed by atoms with Gasteiger partial charge in [0.2, 0.25) is 10.0 Å². The fourth-order valence-corrected chi connectivity index (χ4v) is 4.91. The molecule has 1 heterocycles. The molecular formula is C19H21ClN2O5S. The van der Waals surface area contributed by atoms with E-state index in [-0.39, 0.29) is 16.3 Å². The second-order valence-corrected chi connectivity index (χ2v) is 8.70. The van der Waals surface area contributed by atoms with Gasteiger partial charge < -0.3 is 14.8 Å². The summed E-state index contributed by atoms with van der Waals surface area (Å²) in [5.41, 5.74) is 1.16. The smallest absolute Gasteiger partial charge is 0.257 e. The van der Waals surface area contributed by atoms with Crippen LogP contribution < -0.4 is 19.1 Å². The number of benzene rings is 2. The van der Waals surface area contributed by atoms with E-state index in [1.807, 2.05) is 0 Å². The number of hydrogen-bond donors (Lipinski definition) is 1. The Kier molecular flexibility index (Phi) is 6.00. The predicted molar refractivity (Wildman–Crippen MR) is 109 cm³/mol. The first-order chi connectivity index (χ1) is 13.4. The summed E-state index contributed by atoms with van der Waals surface area (Å²) in [6, 6.07) is 9.64. The third-order valence-corrected chi connectivity index (χ3v) is 6.67. The zero-order chi connectivity index (χ0) is 20.3. The van der Waals surface area contributed by atoms with Gasteiger partial charge in [-0.25, -0.2) is 8.42 Å². The molecule has 7 nitrogen and oxygen atoms in total. The SMILES string of the molecule is COc1ccc(NC(=O)c2ccc(N3CCCCS3(=O)=O)cc2Cl)c(OC)c1. The molecule has 1 fully saturated rings. The highest BCUT2D eigenvalue weighted by molar-refractivity contribution is 7.92. The Hall–Kier alpha value is -2.45. The lowest BCUT2D eigenvalue weighted by atomic mass is 10.1. The first-order valence-electron chi connectivity index (χ1n) is 8.69. The Labute approximate surface area is 169 Å². The second kappa shape index (κ2) is 8.28. The predicted octanol–water partition coefficient (Wildman–Crippen LogP) is 3.54. The quantitative estimate of drug-likeness (QED) is 0.793. The maximum Gasteiger partial charge on any atom is 0.257 e. The molecule has 3 rings (SSSR count). The van der Waals surface area contributed by atoms with Gasteiger partial charge in [0.25, 0.3) is 5.91 Å². The van der Waals surface area contributed by atoms with Crippen molar-refractivity contribution in [3.8, 4) is 11.5 Å². The molecule has 150 valence electrons. The first kappa shape index (κ1) is 20.3. The van der Waals surface area contributed by atoms with E-state index in [1.54, 1.807) is 24.3 Å². The number of carbonyl (C=O) groups excluding carboxylic acids is 1. The standard InChI is InChI=1S/C19H21ClN2O5S/c1-26-14-6-8-17(18(12-14)27-2)21-19(23)15-7-5-13(11-16(15)20)22-9-3-4-10-28(22,24)25/h5-8,11-12H,3-4,9-10H2,1-2H3,(H,21,23). The van der Waals surface area contributed by atoms with Crippen LogP contribution >= 0.6 is 11.6 Å². The van der Waals surface area contributed by atoms with E-state index in [0.29, 0.717) is 35.8 Å². The van der Waals surface area contributed by atoms with Gasteiger partial charge in [0.1, 0.15) is 11.5 Å². The molecule has 1 saturated heterocycles. The molecule has 2 aromatic rings. The molecule has 0 saturated carbocycles. The molecule has 0 atom stereocenters. The van der Waals surface area contributed by atoms with E-state index < -0.39 is 15.9 Å². The molecule has 1 aliphatic heterocycles. The van der Waals surface area contributed by atoms with Crippen LogP contribution in [0.3, 0.4) is 0 Å². The van der Waals surface area contributed by atoms with E-state index in [2.05, 4.69) is 5.32 Å². The number of nitrogens with one attached hydrogen (secondary N) is 1. The first-order valence-corrected chi connectivity index (χ1v) is 10.7. The lowest BCUT2D eigenvalue weighted by Gasteiger charge is -2.28. The Balaban J connectivity index is 1.83. The van der Waals surface area contributed by atoms with Gasteiger partial charge in [0.15, 0.2) is 0 Å². The van der Waals surface area contributed by atoms with Crippen molar-refractivity contribution in [1.82, 2.24) is 0 Å². The molecule has 0 radical (unpaired) electrons. The number of ether oxygens (including phenoxy) is 2. The number of nitrogens with zero attached hydrogens (tertiary/aromatic N) is 1. The maximum atomic E-state index is 12.7. The van der Waals surface area contributed by atoms with Crippen molar-refractivity contribution in [2.45, 2.75) is 12.8 Å². The molecule has 0 aromatic heterocycles. The molecule has 9 heteroatoms. The minimum atomic E-state index is -3.34. The number of amides is 1. The molecule has 0 spiro atoms. The van der Waals surface area contributed by atoms with Crippen LogP contribution in [0.5, 0.6) is 11.5 Å². The Bertz CT molecular complexity index is 994. The van der Waals surface area contributed by atoms with Crippen molar-refractivity contribution in [2.75, 3.05) is 36.1 Å². The van der Waals surface area contributed by atoms with Crippen LogP contribution in [0.4, 0.5) is 11.4 Å². The third kappa shape index (κ3) is 4.18. The van der Waals surface area contributed by atoms with Crippen molar-refractivity contribution in [1.29, 1.82) is 0 Å². The summed E-state index contributed by atoms with van der Waals surface area (Å²) >= 11 is 6.29. The van der Waals surface area contributed by atoms with Crippen LogP contribution in [-0.2, 0) is 10.0 Å². The van der Waals surface area contributed by atoms with Gasteiger partial charge in [-0.3, -0.25) is 9.10 Å². The average Bonchev–Trinajstić information content (AvgIpc) is 2.67. The van der Waals surface area contributed by atoms with Crippen LogP contribution in [-0.4, -0.2) is 40.8 Å². The average molecular weight is 425 g/mol. The molecule has 0 bridgehead atoms. The summed E-state index contributed by atoms with van der Waals surface area (Å²) in [4.78, 5) is 12.7. The fourth-order valence-electron chi connectivity index (χ4n) is 3.01. The molecule has 28 heavy (non-hydrogen) atoms. The van der Waals surface area contributed by atoms with Gasteiger partial charge in [0, 0.05) is 12.6 Å². The second-order valence-electron chi connectivity index (χ2n) is 6.28. The number of halogens is 1. The van der Waals surface area contributed by atoms with Gasteiger partial charge in [-0.2, -0.15) is 0 Å². The van der Waals surface area contributed by atoms with Crippen LogP contribution in [0.15, 0.2) is 36.4 Å². The summed E-state index contributed by atoms with van der Waals surface area (Å²) in [5.74, 6) is 0.728. The molecule has 2 aromatic carbocycles. The lowest BCUT2D eigenvalue weighted by Crippen LogP contribution is -2.37. The van der Waals surface area contributed by atoms with Gasteiger partial charge >= 0.3 is 0 Å². The number of anilines is 2. The van der Waals surface area contributed by atoms with E-state index in [0.717, 1.165) is 6.42 Å². The van der Waals surface area contributed by atoms with Gasteiger partial charge in [-0.05, 0) is 43.2 Å². The number of hydrogen-bond acceptors (Lipinski definition) is 5. The summed E-state index contributed by atoms with van der Waals surface area (Å²) in [6.45, 7) is 0.410. The highest BCUT2D eigenvalue weighted by Crippen LogP contribution is 2.31. The van der Waals surface area contributed by atoms with Gasteiger partial charge in [0.05, 0.1) is 41.9 Å². The zero-order valence-corrected chi connectivity index (χ0v) is 17.1. The maximum absolute atomic E-state index is 12.7. The number of methoxy groups -OCH3 is 2. The number of carbonyl (C=O) groups is 1. The van der Waals surface area contributed by atoms with Gasteiger partial charge in [-0.15, -0.1) is 0 Å². The normalized spacial score (nSPS) is 15.8. The Morgan fingerprint density at radius 3 is 2.54 bits per heavy atom. The number of rotatable bonds is 5. The number of sulfonamides is 1. The molecule has 1 aliphatic rings. The molecule has 0 unspecified atom stereocenters. The summed E-state index contributed by atoms with van der Waals surface area (Å²) in [7, 11) is -0.315. The van der Waals surface area contributed by atoms with Crippen molar-refractivity contribution < 1.29 is 22.7 Å². The Morgan fingerprint density at radius 1 is 1.11 bits per heavy atom. The minimum absolute atomic E-state index is 0.115. The fraction of sp³-hybridized carbons (Fsp3) is 0.316. The largest absolute Gasteiger partial charge is 0.497 e. The van der Waals surface area contributed by atoms with Crippen LogP contribution in [0.1, 0.15) is 23.2 Å². The minimum Gasteiger partial charge on any atom is -0.497 e. The molecule has 1 amide bonds. The van der Waals surface area contributed by atoms with Crippen molar-refractivity contribution in [2.24, 2.45) is 0 Å². The third-order valence-electron chi connectivity index (χ3n) is 4.49. The van der Waals surface area contributed by atoms with E-state index in [1.165, 1.54) is 30.7 Å². The van der Waals surface area contributed by atoms with Crippen molar-refractivity contribution in [3.05, 3.63) is 47.0 Å². The van der Waals surface area contributed by atoms with Crippen molar-refractivity contribution in [3.63, 3.8) is 0 Å². The summed E-state index contributed by atoms with van der Waals surface area (Å²) < 4.78 is 36.3. The van der Waals surface area contributed by atoms with E-state index in [4.69, 9.17) is 21.1 Å². The highest BCUT2D eigenvalue weighted by atomic mass is 35.5. The van der Waals surface area contributed by atoms with Gasteiger partial charge in [-0.1, -0.05) is 11.6 Å². The molecular weight excluding hydrogens is 404 g/mol. The Morgan fingerprint density at radius 2 is 1.89 bits per heavy atom. The highest BCUT2D eigenvalue weighted by Gasteiger charge is 2.27. The van der Waals surface area contributed by atoms with E-state index in [9.17, 15) is 13.2 Å². The summed E-state index contributed by atoms with van der Waals surface area (Å²) in [6.07, 6.45) is 1.44. The van der Waals surface area contributed by atoms with E-state index >= 15 is 0 Å². The molecule has 1 N–H and O–H groups in total. The van der Waals surface area contributed by atoms with Crippen LogP contribution in [0.2, 0.25) is 5.02 Å². The van der Waals surface area contributed by atoms with Crippen LogP contribution in [0, 0.1) is 0 Å². The van der Waals surface area contributed by atoms with Crippen molar-refractivity contribution >= 4 is 38.9 Å². The topological polar surface area (TPSA) is 84.9 Å².